The van der Waals surface area contributed by atoms with Crippen LogP contribution in [0.25, 0.3) is 0 Å². The molecule has 3 atom stereocenters. The molecule has 0 aromatic carbocycles. The highest BCUT2D eigenvalue weighted by Crippen LogP contribution is 2.23. The van der Waals surface area contributed by atoms with Crippen molar-refractivity contribution < 1.29 is 4.74 Å². The molecule has 106 valence electrons. The number of rotatable bonds is 6. The molecular formula is C15H30N2O. The average Bonchev–Trinajstić information content (AvgIpc) is 2.84. The number of likely N-dealkylation sites (tertiary alicyclic amines) is 1. The van der Waals surface area contributed by atoms with E-state index >= 15 is 0 Å². The molecule has 0 spiro atoms. The Hall–Kier alpha value is -0.120. The SMILES string of the molecule is CCCNC1COCC1CN1CCCCC1CC. The summed E-state index contributed by atoms with van der Waals surface area (Å²) in [7, 11) is 0. The zero-order chi connectivity index (χ0) is 12.8. The van der Waals surface area contributed by atoms with Crippen LogP contribution in [-0.4, -0.2) is 49.8 Å². The molecule has 2 rings (SSSR count). The Morgan fingerprint density at radius 1 is 1.22 bits per heavy atom. The van der Waals surface area contributed by atoms with E-state index in [-0.39, 0.29) is 0 Å². The molecule has 1 N–H and O–H groups in total. The standard InChI is InChI=1S/C15H30N2O/c1-3-8-16-15-12-18-11-13(15)10-17-9-6-5-7-14(17)4-2/h13-16H,3-12H2,1-2H3. The van der Waals surface area contributed by atoms with Crippen molar-refractivity contribution in [1.29, 1.82) is 0 Å². The number of nitrogens with zero attached hydrogens (tertiary/aromatic N) is 1. The molecule has 0 aromatic heterocycles. The molecule has 2 heterocycles. The van der Waals surface area contributed by atoms with Crippen LogP contribution in [0.3, 0.4) is 0 Å². The van der Waals surface area contributed by atoms with E-state index in [1.165, 1.54) is 45.2 Å². The second kappa shape index (κ2) is 7.46. The minimum atomic E-state index is 0.587. The lowest BCUT2D eigenvalue weighted by Crippen LogP contribution is -2.47. The molecule has 2 fully saturated rings. The predicted octanol–water partition coefficient (Wildman–Crippen LogP) is 2.27. The molecule has 0 amide bonds. The number of hydrogen-bond acceptors (Lipinski definition) is 3. The Balaban J connectivity index is 1.82. The number of nitrogens with one attached hydrogen (secondary N) is 1. The quantitative estimate of drug-likeness (QED) is 0.787. The first-order valence-electron chi connectivity index (χ1n) is 7.90. The number of ether oxygens (including phenoxy) is 1. The van der Waals surface area contributed by atoms with Gasteiger partial charge in [0.05, 0.1) is 13.2 Å². The Morgan fingerprint density at radius 3 is 2.89 bits per heavy atom. The second-order valence-electron chi connectivity index (χ2n) is 5.91. The molecule has 0 aromatic rings. The van der Waals surface area contributed by atoms with Crippen LogP contribution in [-0.2, 0) is 4.74 Å². The average molecular weight is 254 g/mol. The van der Waals surface area contributed by atoms with Gasteiger partial charge in [-0.1, -0.05) is 20.3 Å². The molecule has 3 nitrogen and oxygen atoms in total. The molecular weight excluding hydrogens is 224 g/mol. The van der Waals surface area contributed by atoms with E-state index in [0.717, 1.165) is 25.8 Å². The lowest BCUT2D eigenvalue weighted by atomic mass is 9.96. The van der Waals surface area contributed by atoms with E-state index in [1.54, 1.807) is 0 Å². The fourth-order valence-corrected chi connectivity index (χ4v) is 3.40. The highest BCUT2D eigenvalue weighted by molar-refractivity contribution is 4.86. The Kier molecular flexibility index (Phi) is 5.93. The third kappa shape index (κ3) is 3.69. The summed E-state index contributed by atoms with van der Waals surface area (Å²) >= 11 is 0. The van der Waals surface area contributed by atoms with Gasteiger partial charge in [0, 0.05) is 24.5 Å². The van der Waals surface area contributed by atoms with E-state index in [4.69, 9.17) is 4.74 Å². The van der Waals surface area contributed by atoms with Crippen LogP contribution in [0.5, 0.6) is 0 Å². The second-order valence-corrected chi connectivity index (χ2v) is 5.91. The minimum absolute atomic E-state index is 0.587. The van der Waals surface area contributed by atoms with Crippen molar-refractivity contribution in [3.63, 3.8) is 0 Å². The fourth-order valence-electron chi connectivity index (χ4n) is 3.40. The van der Waals surface area contributed by atoms with Gasteiger partial charge in [-0.3, -0.25) is 4.90 Å². The summed E-state index contributed by atoms with van der Waals surface area (Å²) in [4.78, 5) is 2.73. The molecule has 0 aliphatic carbocycles. The maximum atomic E-state index is 5.69. The third-order valence-corrected chi connectivity index (χ3v) is 4.54. The zero-order valence-electron chi connectivity index (χ0n) is 12.2. The molecule has 0 bridgehead atoms. The van der Waals surface area contributed by atoms with Gasteiger partial charge in [-0.25, -0.2) is 0 Å². The van der Waals surface area contributed by atoms with Crippen LogP contribution in [0.2, 0.25) is 0 Å². The summed E-state index contributed by atoms with van der Waals surface area (Å²) in [5, 5.41) is 3.65. The van der Waals surface area contributed by atoms with Gasteiger partial charge < -0.3 is 10.1 Å². The predicted molar refractivity (Wildman–Crippen MR) is 75.9 cm³/mol. The van der Waals surface area contributed by atoms with Crippen molar-refractivity contribution in [2.45, 2.75) is 58.0 Å². The van der Waals surface area contributed by atoms with Gasteiger partial charge in [-0.2, -0.15) is 0 Å². The first-order chi connectivity index (χ1) is 8.85. The lowest BCUT2D eigenvalue weighted by molar-refractivity contribution is 0.109. The van der Waals surface area contributed by atoms with Crippen LogP contribution in [0, 0.1) is 5.92 Å². The monoisotopic (exact) mass is 254 g/mol. The Bertz CT molecular complexity index is 235. The topological polar surface area (TPSA) is 24.5 Å². The van der Waals surface area contributed by atoms with Crippen molar-refractivity contribution in [2.24, 2.45) is 5.92 Å². The van der Waals surface area contributed by atoms with Crippen LogP contribution < -0.4 is 5.32 Å². The van der Waals surface area contributed by atoms with Crippen molar-refractivity contribution in [3.05, 3.63) is 0 Å². The molecule has 0 radical (unpaired) electrons. The van der Waals surface area contributed by atoms with Crippen molar-refractivity contribution in [2.75, 3.05) is 32.8 Å². The summed E-state index contributed by atoms with van der Waals surface area (Å²) in [6.45, 7) is 10.1. The van der Waals surface area contributed by atoms with E-state index in [0.29, 0.717) is 12.0 Å². The Labute approximate surface area is 112 Å². The summed E-state index contributed by atoms with van der Waals surface area (Å²) < 4.78 is 5.69. The highest BCUT2D eigenvalue weighted by Gasteiger charge is 2.31. The van der Waals surface area contributed by atoms with Crippen LogP contribution in [0.15, 0.2) is 0 Å². The van der Waals surface area contributed by atoms with Crippen molar-refractivity contribution in [3.8, 4) is 0 Å². The zero-order valence-corrected chi connectivity index (χ0v) is 12.2. The molecule has 2 aliphatic heterocycles. The highest BCUT2D eigenvalue weighted by atomic mass is 16.5. The maximum absolute atomic E-state index is 5.69. The smallest absolute Gasteiger partial charge is 0.0623 e. The molecule has 2 aliphatic rings. The molecule has 0 saturated carbocycles. The van der Waals surface area contributed by atoms with Crippen LogP contribution in [0.4, 0.5) is 0 Å². The van der Waals surface area contributed by atoms with E-state index in [2.05, 4.69) is 24.1 Å². The summed E-state index contributed by atoms with van der Waals surface area (Å²) in [6.07, 6.45) is 6.73. The Morgan fingerprint density at radius 2 is 2.11 bits per heavy atom. The van der Waals surface area contributed by atoms with E-state index in [1.807, 2.05) is 0 Å². The minimum Gasteiger partial charge on any atom is -0.379 e. The van der Waals surface area contributed by atoms with Gasteiger partial charge in [0.15, 0.2) is 0 Å². The molecule has 2 saturated heterocycles. The third-order valence-electron chi connectivity index (χ3n) is 4.54. The first kappa shape index (κ1) is 14.3. The summed E-state index contributed by atoms with van der Waals surface area (Å²) in [5.41, 5.74) is 0. The fraction of sp³-hybridized carbons (Fsp3) is 1.00. The van der Waals surface area contributed by atoms with Gasteiger partial charge in [0.25, 0.3) is 0 Å². The van der Waals surface area contributed by atoms with Gasteiger partial charge in [-0.05, 0) is 38.8 Å². The maximum Gasteiger partial charge on any atom is 0.0623 e. The number of hydrogen-bond donors (Lipinski definition) is 1. The van der Waals surface area contributed by atoms with E-state index in [9.17, 15) is 0 Å². The van der Waals surface area contributed by atoms with Crippen LogP contribution >= 0.6 is 0 Å². The summed E-state index contributed by atoms with van der Waals surface area (Å²) in [6, 6.07) is 1.41. The van der Waals surface area contributed by atoms with Gasteiger partial charge in [0.2, 0.25) is 0 Å². The number of piperidine rings is 1. The molecule has 3 unspecified atom stereocenters. The normalized spacial score (nSPS) is 34.0. The molecule has 3 heteroatoms. The first-order valence-corrected chi connectivity index (χ1v) is 7.90. The molecule has 18 heavy (non-hydrogen) atoms. The van der Waals surface area contributed by atoms with E-state index < -0.39 is 0 Å². The van der Waals surface area contributed by atoms with Crippen molar-refractivity contribution in [1.82, 2.24) is 10.2 Å². The largest absolute Gasteiger partial charge is 0.379 e. The van der Waals surface area contributed by atoms with Gasteiger partial charge in [-0.15, -0.1) is 0 Å². The van der Waals surface area contributed by atoms with Gasteiger partial charge >= 0.3 is 0 Å². The lowest BCUT2D eigenvalue weighted by Gasteiger charge is -2.37. The van der Waals surface area contributed by atoms with Crippen molar-refractivity contribution >= 4 is 0 Å². The van der Waals surface area contributed by atoms with Gasteiger partial charge in [0.1, 0.15) is 0 Å². The van der Waals surface area contributed by atoms with Crippen LogP contribution in [0.1, 0.15) is 46.0 Å². The summed E-state index contributed by atoms with van der Waals surface area (Å²) in [5.74, 6) is 0.698.